The van der Waals surface area contributed by atoms with Gasteiger partial charge in [0.05, 0.1) is 24.4 Å². The number of rotatable bonds is 0. The van der Waals surface area contributed by atoms with Crippen LogP contribution in [-0.4, -0.2) is 36.0 Å². The molecule has 0 unspecified atom stereocenters. The summed E-state index contributed by atoms with van der Waals surface area (Å²) in [5, 5.41) is 0. The maximum atomic E-state index is 10.8. The van der Waals surface area contributed by atoms with Gasteiger partial charge in [-0.15, -0.1) is 0 Å². The zero-order valence-corrected chi connectivity index (χ0v) is 11.8. The van der Waals surface area contributed by atoms with Crippen molar-refractivity contribution in [3.63, 3.8) is 0 Å². The minimum absolute atomic E-state index is 0.140. The minimum Gasteiger partial charge on any atom is -0.375 e. The predicted molar refractivity (Wildman–Crippen MR) is 68.5 cm³/mol. The van der Waals surface area contributed by atoms with Crippen molar-refractivity contribution in [2.24, 2.45) is 0 Å². The van der Waals surface area contributed by atoms with Gasteiger partial charge in [-0.05, 0) is 27.7 Å². The van der Waals surface area contributed by atoms with Crippen LogP contribution in [0, 0.1) is 0 Å². The number of Topliss-reactive ketones (excluding diaryl/α,β-unsaturated/α-hetero) is 2. The van der Waals surface area contributed by atoms with Crippen LogP contribution in [0.5, 0.6) is 0 Å². The Morgan fingerprint density at radius 2 is 0.889 bits per heavy atom. The Hall–Kier alpha value is -0.740. The van der Waals surface area contributed by atoms with Crippen LogP contribution in [-0.2, 0) is 19.1 Å². The van der Waals surface area contributed by atoms with Crippen molar-refractivity contribution in [1.82, 2.24) is 0 Å². The quantitative estimate of drug-likeness (QED) is 0.667. The fourth-order valence-corrected chi connectivity index (χ4v) is 2.43. The maximum Gasteiger partial charge on any atom is 0.138 e. The van der Waals surface area contributed by atoms with E-state index >= 15 is 0 Å². The average molecular weight is 256 g/mol. The highest BCUT2D eigenvalue weighted by Gasteiger charge is 2.21. The molecule has 0 bridgehead atoms. The normalized spacial score (nSPS) is 36.9. The number of carbonyl (C=O) groups excluding carboxylic acids is 2. The van der Waals surface area contributed by atoms with Crippen LogP contribution in [0.25, 0.3) is 0 Å². The van der Waals surface area contributed by atoms with Crippen LogP contribution in [0.2, 0.25) is 0 Å². The van der Waals surface area contributed by atoms with Gasteiger partial charge in [0.1, 0.15) is 11.6 Å². The van der Waals surface area contributed by atoms with Crippen molar-refractivity contribution in [1.29, 1.82) is 0 Å². The van der Waals surface area contributed by atoms with Crippen LogP contribution in [0.4, 0.5) is 0 Å². The highest BCUT2D eigenvalue weighted by Crippen LogP contribution is 2.15. The molecule has 4 atom stereocenters. The summed E-state index contributed by atoms with van der Waals surface area (Å²) in [7, 11) is 0. The molecule has 0 spiro atoms. The topological polar surface area (TPSA) is 52.6 Å². The van der Waals surface area contributed by atoms with Gasteiger partial charge in [-0.2, -0.15) is 0 Å². The summed E-state index contributed by atoms with van der Waals surface area (Å²) in [5.41, 5.74) is 0. The number of hydrogen-bond donors (Lipinski definition) is 0. The summed E-state index contributed by atoms with van der Waals surface area (Å²) in [6.07, 6.45) is 2.97. The predicted octanol–water partition coefficient (Wildman–Crippen LogP) is 2.29. The van der Waals surface area contributed by atoms with Gasteiger partial charge in [0, 0.05) is 25.7 Å². The molecule has 0 aromatic rings. The average Bonchev–Trinajstić information content (AvgIpc) is 2.12. The Morgan fingerprint density at radius 1 is 0.667 bits per heavy atom. The first-order chi connectivity index (χ1) is 8.36. The molecule has 4 heteroatoms. The molecule has 0 radical (unpaired) electrons. The van der Waals surface area contributed by atoms with E-state index in [9.17, 15) is 9.59 Å². The van der Waals surface area contributed by atoms with Crippen molar-refractivity contribution in [2.45, 2.75) is 77.8 Å². The molecule has 2 rings (SSSR count). The fraction of sp³-hybridized carbons (Fsp3) is 0.857. The molecule has 0 amide bonds. The van der Waals surface area contributed by atoms with E-state index in [4.69, 9.17) is 9.47 Å². The number of carbonyl (C=O) groups is 2. The fourth-order valence-electron chi connectivity index (χ4n) is 2.43. The second kappa shape index (κ2) is 7.00. The van der Waals surface area contributed by atoms with E-state index in [0.717, 1.165) is 0 Å². The van der Waals surface area contributed by atoms with Crippen molar-refractivity contribution < 1.29 is 19.1 Å². The zero-order valence-electron chi connectivity index (χ0n) is 11.8. The Labute approximate surface area is 109 Å². The van der Waals surface area contributed by atoms with Crippen LogP contribution in [0.1, 0.15) is 53.4 Å². The largest absolute Gasteiger partial charge is 0.375 e. The Bertz CT molecular complexity index is 246. The van der Waals surface area contributed by atoms with Gasteiger partial charge in [-0.3, -0.25) is 9.59 Å². The van der Waals surface area contributed by atoms with Gasteiger partial charge in [0.25, 0.3) is 0 Å². The first kappa shape index (κ1) is 15.3. The smallest absolute Gasteiger partial charge is 0.138 e. The van der Waals surface area contributed by atoms with Crippen LogP contribution >= 0.6 is 0 Å². The summed E-state index contributed by atoms with van der Waals surface area (Å²) in [6, 6.07) is 0. The highest BCUT2D eigenvalue weighted by atomic mass is 16.5. The third-order valence-electron chi connectivity index (χ3n) is 2.99. The third-order valence-corrected chi connectivity index (χ3v) is 2.99. The van der Waals surface area contributed by atoms with Gasteiger partial charge in [-0.1, -0.05) is 0 Å². The summed E-state index contributed by atoms with van der Waals surface area (Å²) in [4.78, 5) is 21.6. The lowest BCUT2D eigenvalue weighted by Crippen LogP contribution is -2.28. The Morgan fingerprint density at radius 3 is 1.06 bits per heavy atom. The molecule has 18 heavy (non-hydrogen) atoms. The van der Waals surface area contributed by atoms with Gasteiger partial charge in [-0.25, -0.2) is 0 Å². The zero-order chi connectivity index (χ0) is 13.7. The Kier molecular flexibility index (Phi) is 5.96. The van der Waals surface area contributed by atoms with Crippen molar-refractivity contribution in [2.75, 3.05) is 0 Å². The molecule has 0 saturated carbocycles. The molecule has 0 N–H and O–H groups in total. The minimum atomic E-state index is 0.140. The van der Waals surface area contributed by atoms with Crippen LogP contribution < -0.4 is 0 Å². The summed E-state index contributed by atoms with van der Waals surface area (Å²) in [6.45, 7) is 7.75. The lowest BCUT2D eigenvalue weighted by molar-refractivity contribution is -0.133. The van der Waals surface area contributed by atoms with E-state index < -0.39 is 0 Å². The number of ether oxygens (including phenoxy) is 2. The Balaban J connectivity index is 0.000000180. The van der Waals surface area contributed by atoms with E-state index in [2.05, 4.69) is 0 Å². The van der Waals surface area contributed by atoms with Gasteiger partial charge < -0.3 is 9.47 Å². The van der Waals surface area contributed by atoms with Crippen LogP contribution in [0.3, 0.4) is 0 Å². The second-order valence-electron chi connectivity index (χ2n) is 5.41. The third kappa shape index (κ3) is 5.74. The molecule has 2 aliphatic rings. The van der Waals surface area contributed by atoms with Gasteiger partial charge in [0.15, 0.2) is 0 Å². The lowest BCUT2D eigenvalue weighted by atomic mass is 10.1. The molecule has 0 aliphatic carbocycles. The summed E-state index contributed by atoms with van der Waals surface area (Å²) < 4.78 is 10.7. The first-order valence-electron chi connectivity index (χ1n) is 6.71. The van der Waals surface area contributed by atoms with E-state index in [1.165, 1.54) is 0 Å². The molecule has 2 saturated heterocycles. The molecule has 4 nitrogen and oxygen atoms in total. The lowest BCUT2D eigenvalue weighted by Gasteiger charge is -2.23. The summed E-state index contributed by atoms with van der Waals surface area (Å²) >= 11 is 0. The first-order valence-corrected chi connectivity index (χ1v) is 6.71. The summed E-state index contributed by atoms with van der Waals surface area (Å²) in [5.74, 6) is 0.669. The van der Waals surface area contributed by atoms with E-state index in [0.29, 0.717) is 37.2 Å². The molecule has 104 valence electrons. The number of ketones is 2. The molecular formula is C14H24O4. The monoisotopic (exact) mass is 256 g/mol. The van der Waals surface area contributed by atoms with Gasteiger partial charge >= 0.3 is 0 Å². The SMILES string of the molecule is C[C@@H]1CC(=O)C[C@@H](C)O1.C[C@H]1CC(=O)C[C@H](C)O1. The van der Waals surface area contributed by atoms with E-state index in [1.807, 2.05) is 27.7 Å². The molecular weight excluding hydrogens is 232 g/mol. The number of hydrogen-bond acceptors (Lipinski definition) is 4. The molecule has 0 aromatic carbocycles. The van der Waals surface area contributed by atoms with Gasteiger partial charge in [0.2, 0.25) is 0 Å². The maximum absolute atomic E-state index is 10.8. The van der Waals surface area contributed by atoms with Crippen molar-refractivity contribution in [3.05, 3.63) is 0 Å². The van der Waals surface area contributed by atoms with Crippen molar-refractivity contribution in [3.8, 4) is 0 Å². The highest BCUT2D eigenvalue weighted by molar-refractivity contribution is 5.80. The standard InChI is InChI=1S/2C7H12O2/c2*1-5-3-7(8)4-6(2)9-5/h2*5-6H,3-4H2,1-2H3/t2*5-,6-/m10/s1. The van der Waals surface area contributed by atoms with Crippen molar-refractivity contribution >= 4 is 11.6 Å². The molecule has 0 aromatic heterocycles. The molecule has 2 heterocycles. The van der Waals surface area contributed by atoms with E-state index in [-0.39, 0.29) is 24.4 Å². The second-order valence-corrected chi connectivity index (χ2v) is 5.41. The molecule has 2 fully saturated rings. The molecule has 2 aliphatic heterocycles. The van der Waals surface area contributed by atoms with E-state index in [1.54, 1.807) is 0 Å². The van der Waals surface area contributed by atoms with Crippen LogP contribution in [0.15, 0.2) is 0 Å².